The molecule has 3 atom stereocenters. The van der Waals surface area contributed by atoms with Crippen LogP contribution in [0.2, 0.25) is 0 Å². The van der Waals surface area contributed by atoms with Gasteiger partial charge in [0.2, 0.25) is 41.4 Å². The Morgan fingerprint density at radius 2 is 0.806 bits per heavy atom. The predicted octanol–water partition coefficient (Wildman–Crippen LogP) is 10.9. The summed E-state index contributed by atoms with van der Waals surface area (Å²) in [5.74, 6) is 2.36. The minimum atomic E-state index is -0.0543. The Bertz CT molecular complexity index is 3920. The first kappa shape index (κ1) is 134. The van der Waals surface area contributed by atoms with Crippen LogP contribution < -0.4 is 20.7 Å². The van der Waals surface area contributed by atoms with Crippen LogP contribution in [0.5, 0.6) is 5.75 Å². The molecule has 3 aliphatic rings. The van der Waals surface area contributed by atoms with Crippen molar-refractivity contribution in [2.45, 2.75) is 214 Å². The van der Waals surface area contributed by atoms with E-state index in [0.717, 1.165) is 132 Å². The number of likely N-dealkylation sites (tertiary alicyclic amines) is 2. The van der Waals surface area contributed by atoms with Crippen molar-refractivity contribution in [1.29, 1.82) is 0 Å². The molecule has 1 aromatic carbocycles. The molecule has 3 unspecified atom stereocenters. The molecule has 0 aliphatic carbocycles. The molecule has 31 nitrogen and oxygen atoms in total. The van der Waals surface area contributed by atoms with Crippen LogP contribution in [0.1, 0.15) is 195 Å². The molecule has 3 heterocycles. The number of nitrogens with one attached hydrogen (secondary N) is 3. The highest BCUT2D eigenvalue weighted by atomic mass is 16.5. The molecule has 2 bridgehead atoms. The Labute approximate surface area is 839 Å². The lowest BCUT2D eigenvalue weighted by Crippen LogP contribution is -2.51. The lowest BCUT2D eigenvalue weighted by atomic mass is 10.1. The fourth-order valence-corrected chi connectivity index (χ4v) is 12.9. The smallest absolute Gasteiger partial charge is 0.236 e. The summed E-state index contributed by atoms with van der Waals surface area (Å²) in [6.07, 6.45) is 33.6. The zero-order chi connectivity index (χ0) is 106. The number of nitrogens with zero attached hydrogens (tertiary/aromatic N) is 12. The quantitative estimate of drug-likeness (QED) is 0.0310. The minimum absolute atomic E-state index is 0.000783. The van der Waals surface area contributed by atoms with Crippen molar-refractivity contribution in [2.24, 2.45) is 41.4 Å². The third kappa shape index (κ3) is 72.7. The summed E-state index contributed by atoms with van der Waals surface area (Å²) in [6.45, 7) is 51.2. The second-order valence-corrected chi connectivity index (χ2v) is 39.8. The van der Waals surface area contributed by atoms with Gasteiger partial charge in [0.15, 0.2) is 40.5 Å². The first-order chi connectivity index (χ1) is 65.1. The molecule has 3 aliphatic heterocycles. The van der Waals surface area contributed by atoms with E-state index in [1.165, 1.54) is 6.92 Å². The first-order valence-corrected chi connectivity index (χ1v) is 50.4. The van der Waals surface area contributed by atoms with E-state index in [2.05, 4.69) is 81.8 Å². The van der Waals surface area contributed by atoms with E-state index in [4.69, 9.17) is 9.47 Å². The summed E-state index contributed by atoms with van der Waals surface area (Å²) in [4.78, 5) is 184. The number of piperidine rings is 1. The normalized spacial score (nSPS) is 14.9. The van der Waals surface area contributed by atoms with Crippen molar-refractivity contribution in [2.75, 3.05) is 235 Å². The van der Waals surface area contributed by atoms with Gasteiger partial charge in [-0.2, -0.15) is 0 Å². The Morgan fingerprint density at radius 3 is 1.16 bits per heavy atom. The van der Waals surface area contributed by atoms with Gasteiger partial charge in [0, 0.05) is 168 Å². The summed E-state index contributed by atoms with van der Waals surface area (Å²) in [5.41, 5.74) is 1.06. The molecule has 0 spiro atoms. The number of benzene rings is 1. The van der Waals surface area contributed by atoms with Gasteiger partial charge in [-0.05, 0) is 179 Å². The van der Waals surface area contributed by atoms with Gasteiger partial charge >= 0.3 is 0 Å². The van der Waals surface area contributed by atoms with Gasteiger partial charge < -0.3 is 54.4 Å². The number of ether oxygens (including phenoxy) is 2. The van der Waals surface area contributed by atoms with Crippen molar-refractivity contribution < 1.29 is 81.1 Å². The summed E-state index contributed by atoms with van der Waals surface area (Å²) in [6, 6.07) is 7.95. The van der Waals surface area contributed by atoms with E-state index in [-0.39, 0.29) is 142 Å². The highest BCUT2D eigenvalue weighted by Crippen LogP contribution is 2.26. The van der Waals surface area contributed by atoms with Crippen LogP contribution in [0.3, 0.4) is 0 Å². The maximum absolute atomic E-state index is 12.4. The number of allylic oxidation sites excluding steroid dienone is 7. The van der Waals surface area contributed by atoms with Gasteiger partial charge in [-0.3, -0.25) is 96.5 Å². The fourth-order valence-electron chi connectivity index (χ4n) is 12.9. The van der Waals surface area contributed by atoms with Gasteiger partial charge in [0.1, 0.15) is 5.75 Å². The average Bonchev–Trinajstić information content (AvgIpc) is 1.68. The summed E-state index contributed by atoms with van der Waals surface area (Å²) in [7, 11) is 23.0. The Balaban J connectivity index is -0.00000157. The minimum Gasteiger partial charge on any atom is -0.494 e. The lowest BCUT2D eigenvalue weighted by molar-refractivity contribution is -0.864. The molecule has 31 heteroatoms. The first-order valence-electron chi connectivity index (χ1n) is 50.4. The standard InChI is InChI=1S/C23H37N3O3.C17H29N3O3.C16H26N2O3.C15H28N2O2.C14H26N2O2.C13H24N2O2.C10H20NO/c1-19(2)22(27)9-7-15-25(5)18-23(28)26(6)17-20-10-12-21(13-11-20)29-16-8-14-24(3)4;1-13(2)16(22)8-6-9-19(4)12-17(23)20-10-5-7-15(11-20)18-14(3)21;1-12(2)15(19)5-4-8-17(3)11-16(20)18-9-13-6-7-14(10-18)21-13;1-5-9-16-15(19)12-17(10-6-2)11-7-8-14(18)13(3)4;1-6-9-16(11-14(18)15(4)5)10-7-8-13(17)12(2)3;1-5-8-15(10-13(17)14-4)9-6-7-12(16)11(2)3;1-9(2)10(12)7-6-8-11(3,4)5/h7,9-13,19H,8,14-18H2,1-6H3;6,8,13,15H,5,7,9-12H2,1-4H3,(H,18,21);4-5,12-14H,6-11H2,1-3H3;7-8,13H,5-6,9-12H2,1-4H3,(H,16,19);7-8,12H,6,9-11H2,1-5H3;6-7,11H,5,8-10H2,1-4H3,(H,14,17);6-7,9H,8H2,1-5H3/q;;;;;;+1/b9-7+;8-6+;5-4+;2*8-7+;2*7-6+. The largest absolute Gasteiger partial charge is 0.494 e. The second-order valence-electron chi connectivity index (χ2n) is 39.8. The molecule has 792 valence electrons. The number of morpholine rings is 1. The third-order valence-electron chi connectivity index (χ3n) is 21.6. The highest BCUT2D eigenvalue weighted by Gasteiger charge is 2.36. The number of amides is 7. The van der Waals surface area contributed by atoms with E-state index in [9.17, 15) is 67.1 Å². The fraction of sp³-hybridized carbons (Fsp3) is 0.685. The van der Waals surface area contributed by atoms with Crippen molar-refractivity contribution >= 4 is 81.8 Å². The number of ketones is 7. The number of likely N-dealkylation sites (N-methyl/N-ethyl adjacent to an activating group) is 7. The molecule has 4 rings (SSSR count). The van der Waals surface area contributed by atoms with Crippen molar-refractivity contribution in [3.63, 3.8) is 0 Å². The van der Waals surface area contributed by atoms with Crippen LogP contribution in [0, 0.1) is 41.4 Å². The third-order valence-corrected chi connectivity index (χ3v) is 21.6. The number of hydrogen-bond acceptors (Lipinski definition) is 23. The van der Waals surface area contributed by atoms with E-state index in [0.29, 0.717) is 98.2 Å². The van der Waals surface area contributed by atoms with Gasteiger partial charge in [-0.15, -0.1) is 0 Å². The van der Waals surface area contributed by atoms with Crippen molar-refractivity contribution in [3.8, 4) is 5.75 Å². The lowest BCUT2D eigenvalue weighted by Gasteiger charge is -2.33. The number of carbonyl (C=O) groups is 14. The topological polar surface area (TPSA) is 329 Å². The molecule has 0 saturated carbocycles. The number of fused-ring (bicyclic) bond motifs is 2. The SMILES string of the molecule is CC(=O)NC1CCCN(C(=O)CN(C)C/C=C/C(=O)C(C)C)C1.CC(C)C(=O)/C=C/CN(C)CC(=O)N(C)Cc1ccc(OCCCN(C)C)cc1.CC(C)C(=O)/C=C/CN(C)CC(=O)N1CC2CCC(C1)O2.CC(C)C(=O)/C=C/C[N+](C)(C)C.CCCN(C/C=C/C(=O)C(C)C)CC(=O)N(C)C.CCCN(C/C=C/C(=O)C(C)C)CC(=O)NC.CCCNC(=O)CN(C/C=C/C(=O)C(C)C)CCC. The number of carbonyl (C=O) groups excluding carboxylic acids is 14. The Hall–Kier alpha value is -9.18. The predicted molar refractivity (Wildman–Crippen MR) is 564 cm³/mol. The monoisotopic (exact) mass is 1950 g/mol. The molecular formula is C108H190N15O16+. The average molecular weight is 1950 g/mol. The summed E-state index contributed by atoms with van der Waals surface area (Å²) in [5, 5.41) is 8.35. The highest BCUT2D eigenvalue weighted by molar-refractivity contribution is 5.94. The molecule has 3 N–H and O–H groups in total. The number of quaternary nitrogens is 1. The van der Waals surface area contributed by atoms with Gasteiger partial charge in [0.05, 0.1) is 85.8 Å². The van der Waals surface area contributed by atoms with Crippen LogP contribution in [-0.2, 0) is 78.4 Å². The zero-order valence-corrected chi connectivity index (χ0v) is 91.9. The number of hydrogen-bond donors (Lipinski definition) is 3. The molecule has 139 heavy (non-hydrogen) atoms. The molecule has 7 amide bonds. The summed E-state index contributed by atoms with van der Waals surface area (Å²) >= 11 is 0. The molecule has 0 radical (unpaired) electrons. The zero-order valence-electron chi connectivity index (χ0n) is 91.9. The maximum atomic E-state index is 12.4. The van der Waals surface area contributed by atoms with E-state index in [1.54, 1.807) is 86.6 Å². The Kier molecular flexibility index (Phi) is 75.6. The molecular weight excluding hydrogens is 1760 g/mol. The molecule has 3 saturated heterocycles. The van der Waals surface area contributed by atoms with Gasteiger partial charge in [0.25, 0.3) is 0 Å². The van der Waals surface area contributed by atoms with Gasteiger partial charge in [-0.25, -0.2) is 0 Å². The molecule has 0 aromatic heterocycles. The van der Waals surface area contributed by atoms with Crippen LogP contribution in [0.25, 0.3) is 0 Å². The van der Waals surface area contributed by atoms with Crippen LogP contribution in [0.4, 0.5) is 0 Å². The van der Waals surface area contributed by atoms with Crippen LogP contribution >= 0.6 is 0 Å². The van der Waals surface area contributed by atoms with E-state index < -0.39 is 0 Å². The van der Waals surface area contributed by atoms with Gasteiger partial charge in [-0.1, -0.05) is 173 Å². The van der Waals surface area contributed by atoms with Crippen LogP contribution in [0.15, 0.2) is 109 Å². The second kappa shape index (κ2) is 78.4. The van der Waals surface area contributed by atoms with E-state index in [1.807, 2.05) is 220 Å². The van der Waals surface area contributed by atoms with Crippen molar-refractivity contribution in [3.05, 3.63) is 115 Å². The van der Waals surface area contributed by atoms with Crippen LogP contribution in [-0.4, -0.2) is 394 Å². The number of rotatable bonds is 56. The van der Waals surface area contributed by atoms with Crippen molar-refractivity contribution in [1.82, 2.24) is 69.8 Å². The Morgan fingerprint density at radius 1 is 0.439 bits per heavy atom. The van der Waals surface area contributed by atoms with E-state index >= 15 is 0 Å². The maximum Gasteiger partial charge on any atom is 0.236 e. The summed E-state index contributed by atoms with van der Waals surface area (Å²) < 4.78 is 12.3. The molecule has 1 aromatic rings. The molecule has 3 fully saturated rings.